The standard InChI is InChI=1S/C14H12ClFN2O2/c15-9-4-12(11(17)5-10(9)16)18-6-8-1-2-13-14(3-8)20-7-19-13/h1-5,18H,6-7,17H2. The molecule has 0 bridgehead atoms. The number of halogens is 2. The molecule has 0 spiro atoms. The zero-order valence-electron chi connectivity index (χ0n) is 10.5. The van der Waals surface area contributed by atoms with Gasteiger partial charge in [-0.15, -0.1) is 0 Å². The van der Waals surface area contributed by atoms with Gasteiger partial charge in [0.2, 0.25) is 6.79 Å². The Hall–Kier alpha value is -2.14. The second kappa shape index (κ2) is 5.09. The summed E-state index contributed by atoms with van der Waals surface area (Å²) >= 11 is 5.74. The zero-order chi connectivity index (χ0) is 14.1. The number of nitrogen functional groups attached to an aromatic ring is 1. The first-order valence-electron chi connectivity index (χ1n) is 6.00. The van der Waals surface area contributed by atoms with E-state index in [0.717, 1.165) is 17.1 Å². The van der Waals surface area contributed by atoms with Gasteiger partial charge in [-0.2, -0.15) is 0 Å². The molecule has 0 unspecified atom stereocenters. The van der Waals surface area contributed by atoms with Crippen LogP contribution in [-0.4, -0.2) is 6.79 Å². The summed E-state index contributed by atoms with van der Waals surface area (Å²) in [6.45, 7) is 0.759. The summed E-state index contributed by atoms with van der Waals surface area (Å²) in [6.07, 6.45) is 0. The van der Waals surface area contributed by atoms with E-state index in [4.69, 9.17) is 26.8 Å². The fraction of sp³-hybridized carbons (Fsp3) is 0.143. The summed E-state index contributed by atoms with van der Waals surface area (Å²) in [7, 11) is 0. The number of anilines is 2. The van der Waals surface area contributed by atoms with Gasteiger partial charge in [0, 0.05) is 12.6 Å². The van der Waals surface area contributed by atoms with E-state index in [0.29, 0.717) is 17.9 Å². The quantitative estimate of drug-likeness (QED) is 0.852. The van der Waals surface area contributed by atoms with Crippen molar-refractivity contribution in [3.8, 4) is 11.5 Å². The minimum Gasteiger partial charge on any atom is -0.454 e. The number of rotatable bonds is 3. The Balaban J connectivity index is 1.75. The normalized spacial score (nSPS) is 12.5. The van der Waals surface area contributed by atoms with Gasteiger partial charge in [0.1, 0.15) is 5.82 Å². The summed E-state index contributed by atoms with van der Waals surface area (Å²) in [5.74, 6) is 0.922. The van der Waals surface area contributed by atoms with Crippen molar-refractivity contribution in [2.24, 2.45) is 0 Å². The van der Waals surface area contributed by atoms with Crippen molar-refractivity contribution in [1.82, 2.24) is 0 Å². The molecule has 0 saturated heterocycles. The molecule has 3 N–H and O–H groups in total. The first-order chi connectivity index (χ1) is 9.63. The highest BCUT2D eigenvalue weighted by Gasteiger charge is 2.13. The first kappa shape index (κ1) is 12.9. The molecule has 0 saturated carbocycles. The van der Waals surface area contributed by atoms with Gasteiger partial charge in [-0.3, -0.25) is 0 Å². The van der Waals surface area contributed by atoms with Gasteiger partial charge >= 0.3 is 0 Å². The third-order valence-electron chi connectivity index (χ3n) is 3.01. The number of ether oxygens (including phenoxy) is 2. The fourth-order valence-electron chi connectivity index (χ4n) is 1.96. The van der Waals surface area contributed by atoms with Gasteiger partial charge in [0.05, 0.1) is 16.4 Å². The number of hydrogen-bond donors (Lipinski definition) is 2. The van der Waals surface area contributed by atoms with E-state index in [2.05, 4.69) is 5.32 Å². The number of nitrogens with two attached hydrogens (primary N) is 1. The Labute approximate surface area is 120 Å². The predicted molar refractivity (Wildman–Crippen MR) is 75.7 cm³/mol. The highest BCUT2D eigenvalue weighted by atomic mass is 35.5. The minimum atomic E-state index is -0.530. The van der Waals surface area contributed by atoms with Crippen molar-refractivity contribution in [2.45, 2.75) is 6.54 Å². The molecule has 0 fully saturated rings. The fourth-order valence-corrected chi connectivity index (χ4v) is 2.13. The van der Waals surface area contributed by atoms with Crippen LogP contribution in [0.2, 0.25) is 5.02 Å². The Kier molecular flexibility index (Phi) is 3.28. The van der Waals surface area contributed by atoms with E-state index >= 15 is 0 Å². The van der Waals surface area contributed by atoms with Crippen molar-refractivity contribution in [3.63, 3.8) is 0 Å². The number of nitrogens with one attached hydrogen (secondary N) is 1. The second-order valence-corrected chi connectivity index (χ2v) is 4.80. The first-order valence-corrected chi connectivity index (χ1v) is 6.38. The Morgan fingerprint density at radius 1 is 1.20 bits per heavy atom. The van der Waals surface area contributed by atoms with E-state index < -0.39 is 5.82 Å². The molecule has 0 atom stereocenters. The molecule has 3 rings (SSSR count). The molecule has 104 valence electrons. The van der Waals surface area contributed by atoms with E-state index in [-0.39, 0.29) is 11.8 Å². The van der Waals surface area contributed by atoms with Gasteiger partial charge in [-0.1, -0.05) is 17.7 Å². The average molecular weight is 295 g/mol. The van der Waals surface area contributed by atoms with E-state index in [1.54, 1.807) is 0 Å². The van der Waals surface area contributed by atoms with Crippen molar-refractivity contribution >= 4 is 23.0 Å². The predicted octanol–water partition coefficient (Wildman–Crippen LogP) is 3.40. The van der Waals surface area contributed by atoms with Crippen LogP contribution < -0.4 is 20.5 Å². The van der Waals surface area contributed by atoms with Gasteiger partial charge in [0.15, 0.2) is 11.5 Å². The van der Waals surface area contributed by atoms with Crippen LogP contribution >= 0.6 is 11.6 Å². The maximum absolute atomic E-state index is 13.2. The SMILES string of the molecule is Nc1cc(F)c(Cl)cc1NCc1ccc2c(c1)OCO2. The van der Waals surface area contributed by atoms with Crippen molar-refractivity contribution in [1.29, 1.82) is 0 Å². The molecule has 6 heteroatoms. The lowest BCUT2D eigenvalue weighted by Crippen LogP contribution is -2.03. The molecule has 2 aromatic carbocycles. The summed E-state index contributed by atoms with van der Waals surface area (Å²) in [5.41, 5.74) is 7.64. The number of hydrogen-bond acceptors (Lipinski definition) is 4. The summed E-state index contributed by atoms with van der Waals surface area (Å²) in [6, 6.07) is 8.32. The van der Waals surface area contributed by atoms with Crippen LogP contribution in [0.3, 0.4) is 0 Å². The van der Waals surface area contributed by atoms with Crippen LogP contribution in [0.1, 0.15) is 5.56 Å². The molecule has 0 radical (unpaired) electrons. The summed E-state index contributed by atoms with van der Waals surface area (Å²) in [5, 5.41) is 3.15. The summed E-state index contributed by atoms with van der Waals surface area (Å²) < 4.78 is 23.7. The van der Waals surface area contributed by atoms with Crippen LogP contribution in [0.25, 0.3) is 0 Å². The molecule has 1 heterocycles. The van der Waals surface area contributed by atoms with E-state index in [9.17, 15) is 4.39 Å². The molecule has 1 aliphatic heterocycles. The van der Waals surface area contributed by atoms with Crippen LogP contribution in [0.5, 0.6) is 11.5 Å². The maximum Gasteiger partial charge on any atom is 0.231 e. The Morgan fingerprint density at radius 2 is 2.00 bits per heavy atom. The lowest BCUT2D eigenvalue weighted by atomic mass is 10.2. The van der Waals surface area contributed by atoms with Gasteiger partial charge < -0.3 is 20.5 Å². The number of benzene rings is 2. The van der Waals surface area contributed by atoms with E-state index in [1.165, 1.54) is 12.1 Å². The third kappa shape index (κ3) is 2.44. The van der Waals surface area contributed by atoms with Crippen LogP contribution in [-0.2, 0) is 6.54 Å². The topological polar surface area (TPSA) is 56.5 Å². The highest BCUT2D eigenvalue weighted by molar-refractivity contribution is 6.31. The molecule has 0 amide bonds. The molecule has 0 aliphatic carbocycles. The molecular weight excluding hydrogens is 283 g/mol. The van der Waals surface area contributed by atoms with Crippen LogP contribution in [0, 0.1) is 5.82 Å². The van der Waals surface area contributed by atoms with Crippen molar-refractivity contribution in [2.75, 3.05) is 17.8 Å². The van der Waals surface area contributed by atoms with Crippen LogP contribution in [0.4, 0.5) is 15.8 Å². The largest absolute Gasteiger partial charge is 0.454 e. The monoisotopic (exact) mass is 294 g/mol. The lowest BCUT2D eigenvalue weighted by molar-refractivity contribution is 0.174. The molecular formula is C14H12ClFN2O2. The Bertz CT molecular complexity index is 664. The third-order valence-corrected chi connectivity index (χ3v) is 3.30. The molecule has 1 aliphatic rings. The second-order valence-electron chi connectivity index (χ2n) is 4.39. The number of fused-ring (bicyclic) bond motifs is 1. The molecule has 0 aromatic heterocycles. The smallest absolute Gasteiger partial charge is 0.231 e. The highest BCUT2D eigenvalue weighted by Crippen LogP contribution is 2.33. The maximum atomic E-state index is 13.2. The zero-order valence-corrected chi connectivity index (χ0v) is 11.2. The minimum absolute atomic E-state index is 0.0346. The van der Waals surface area contributed by atoms with Gasteiger partial charge in [0.25, 0.3) is 0 Å². The summed E-state index contributed by atoms with van der Waals surface area (Å²) in [4.78, 5) is 0. The average Bonchev–Trinajstić information content (AvgIpc) is 2.89. The lowest BCUT2D eigenvalue weighted by Gasteiger charge is -2.10. The van der Waals surface area contributed by atoms with Gasteiger partial charge in [-0.25, -0.2) is 4.39 Å². The van der Waals surface area contributed by atoms with Crippen molar-refractivity contribution in [3.05, 3.63) is 46.7 Å². The van der Waals surface area contributed by atoms with Crippen molar-refractivity contribution < 1.29 is 13.9 Å². The Morgan fingerprint density at radius 3 is 2.85 bits per heavy atom. The van der Waals surface area contributed by atoms with E-state index in [1.807, 2.05) is 18.2 Å². The van der Waals surface area contributed by atoms with Gasteiger partial charge in [-0.05, 0) is 23.8 Å². The molecule has 20 heavy (non-hydrogen) atoms. The van der Waals surface area contributed by atoms with Crippen LogP contribution in [0.15, 0.2) is 30.3 Å². The molecule has 4 nitrogen and oxygen atoms in total. The molecule has 2 aromatic rings.